The maximum absolute atomic E-state index is 12.0. The van der Waals surface area contributed by atoms with E-state index in [4.69, 9.17) is 4.74 Å². The first kappa shape index (κ1) is 17.0. The zero-order valence-corrected chi connectivity index (χ0v) is 14.0. The van der Waals surface area contributed by atoms with E-state index in [2.05, 4.69) is 16.0 Å². The minimum atomic E-state index is -0.363. The van der Waals surface area contributed by atoms with Gasteiger partial charge in [-0.15, -0.1) is 0 Å². The Morgan fingerprint density at radius 3 is 1.92 bits per heavy atom. The first-order chi connectivity index (χ1) is 12.1. The Kier molecular flexibility index (Phi) is 5.30. The third-order valence-electron chi connectivity index (χ3n) is 3.94. The van der Waals surface area contributed by atoms with Crippen LogP contribution in [0.2, 0.25) is 0 Å². The van der Waals surface area contributed by atoms with E-state index in [-0.39, 0.29) is 18.0 Å². The van der Waals surface area contributed by atoms with Crippen LogP contribution in [-0.4, -0.2) is 24.6 Å². The average molecular weight is 339 g/mol. The second kappa shape index (κ2) is 7.81. The smallest absolute Gasteiger partial charge is 0.323 e. The third-order valence-corrected chi connectivity index (χ3v) is 3.94. The summed E-state index contributed by atoms with van der Waals surface area (Å²) in [5.41, 5.74) is 3.17. The zero-order valence-electron chi connectivity index (χ0n) is 14.0. The summed E-state index contributed by atoms with van der Waals surface area (Å²) in [4.78, 5) is 24.0. The fourth-order valence-electron chi connectivity index (χ4n) is 2.57. The second-order valence-electron chi connectivity index (χ2n) is 6.01. The number of ether oxygens (including phenoxy) is 1. The third kappa shape index (κ3) is 4.81. The number of carbonyl (C=O) groups is 2. The van der Waals surface area contributed by atoms with Crippen molar-refractivity contribution in [3.05, 3.63) is 54.1 Å². The number of carbonyl (C=O) groups excluding carboxylic acids is 2. The monoisotopic (exact) mass is 339 g/mol. The molecule has 2 aromatic rings. The molecule has 1 aliphatic rings. The van der Waals surface area contributed by atoms with Gasteiger partial charge in [-0.2, -0.15) is 0 Å². The summed E-state index contributed by atoms with van der Waals surface area (Å²) in [6.07, 6.45) is 1.31. The van der Waals surface area contributed by atoms with E-state index in [9.17, 15) is 9.59 Å². The SMILES string of the molecule is Cc1ccc(NC(=O)Nc2ccc(NC(=O)C3CCCO3)cc2)cc1. The minimum absolute atomic E-state index is 0.129. The molecule has 0 bridgehead atoms. The highest BCUT2D eigenvalue weighted by Crippen LogP contribution is 2.17. The molecule has 3 amide bonds. The highest BCUT2D eigenvalue weighted by molar-refractivity contribution is 6.00. The topological polar surface area (TPSA) is 79.5 Å². The highest BCUT2D eigenvalue weighted by atomic mass is 16.5. The van der Waals surface area contributed by atoms with Crippen molar-refractivity contribution in [1.29, 1.82) is 0 Å². The Balaban J connectivity index is 1.52. The molecule has 2 aromatic carbocycles. The zero-order chi connectivity index (χ0) is 17.6. The molecule has 1 heterocycles. The Hall–Kier alpha value is -2.86. The highest BCUT2D eigenvalue weighted by Gasteiger charge is 2.23. The maximum Gasteiger partial charge on any atom is 0.323 e. The maximum atomic E-state index is 12.0. The van der Waals surface area contributed by atoms with Gasteiger partial charge in [0.1, 0.15) is 6.10 Å². The fraction of sp³-hybridized carbons (Fsp3) is 0.263. The fourth-order valence-corrected chi connectivity index (χ4v) is 2.57. The molecule has 1 atom stereocenters. The number of nitrogens with one attached hydrogen (secondary N) is 3. The molecule has 6 heteroatoms. The largest absolute Gasteiger partial charge is 0.368 e. The number of anilines is 3. The van der Waals surface area contributed by atoms with Crippen LogP contribution in [0.1, 0.15) is 18.4 Å². The van der Waals surface area contributed by atoms with E-state index >= 15 is 0 Å². The van der Waals surface area contributed by atoms with Gasteiger partial charge in [-0.3, -0.25) is 4.79 Å². The van der Waals surface area contributed by atoms with E-state index in [1.54, 1.807) is 24.3 Å². The molecule has 0 radical (unpaired) electrons. The van der Waals surface area contributed by atoms with Gasteiger partial charge in [0.25, 0.3) is 5.91 Å². The van der Waals surface area contributed by atoms with Gasteiger partial charge in [0.15, 0.2) is 0 Å². The number of amides is 3. The molecule has 0 aliphatic carbocycles. The van der Waals surface area contributed by atoms with E-state index in [1.807, 2.05) is 31.2 Å². The number of urea groups is 1. The number of benzene rings is 2. The molecule has 130 valence electrons. The molecule has 3 rings (SSSR count). The Morgan fingerprint density at radius 2 is 1.40 bits per heavy atom. The van der Waals surface area contributed by atoms with E-state index < -0.39 is 0 Å². The van der Waals surface area contributed by atoms with Crippen molar-refractivity contribution in [2.45, 2.75) is 25.9 Å². The van der Waals surface area contributed by atoms with Crippen LogP contribution >= 0.6 is 0 Å². The van der Waals surface area contributed by atoms with Crippen LogP contribution in [0.25, 0.3) is 0 Å². The summed E-state index contributed by atoms with van der Waals surface area (Å²) < 4.78 is 5.35. The van der Waals surface area contributed by atoms with Gasteiger partial charge < -0.3 is 20.7 Å². The van der Waals surface area contributed by atoms with Crippen LogP contribution in [0.3, 0.4) is 0 Å². The molecule has 0 spiro atoms. The Morgan fingerprint density at radius 1 is 0.880 bits per heavy atom. The van der Waals surface area contributed by atoms with Crippen molar-refractivity contribution in [2.24, 2.45) is 0 Å². The predicted octanol–water partition coefficient (Wildman–Crippen LogP) is 3.76. The number of rotatable bonds is 4. The molecular formula is C19H21N3O3. The van der Waals surface area contributed by atoms with Crippen LogP contribution in [0.4, 0.5) is 21.9 Å². The molecule has 1 saturated heterocycles. The average Bonchev–Trinajstić information content (AvgIpc) is 3.13. The molecular weight excluding hydrogens is 318 g/mol. The van der Waals surface area contributed by atoms with Gasteiger partial charge in [-0.25, -0.2) is 4.79 Å². The summed E-state index contributed by atoms with van der Waals surface area (Å²) >= 11 is 0. The summed E-state index contributed by atoms with van der Waals surface area (Å²) in [6.45, 7) is 2.63. The Labute approximate surface area is 146 Å². The summed E-state index contributed by atoms with van der Waals surface area (Å²) in [5.74, 6) is -0.129. The van der Waals surface area contributed by atoms with Gasteiger partial charge in [0.05, 0.1) is 0 Å². The van der Waals surface area contributed by atoms with Gasteiger partial charge in [-0.05, 0) is 56.2 Å². The summed E-state index contributed by atoms with van der Waals surface area (Å²) in [6, 6.07) is 14.2. The molecule has 0 saturated carbocycles. The van der Waals surface area contributed by atoms with Crippen molar-refractivity contribution in [3.8, 4) is 0 Å². The molecule has 3 N–H and O–H groups in total. The predicted molar refractivity (Wildman–Crippen MR) is 97.9 cm³/mol. The lowest BCUT2D eigenvalue weighted by molar-refractivity contribution is -0.124. The molecule has 25 heavy (non-hydrogen) atoms. The first-order valence-electron chi connectivity index (χ1n) is 8.27. The van der Waals surface area contributed by atoms with Crippen LogP contribution < -0.4 is 16.0 Å². The first-order valence-corrected chi connectivity index (χ1v) is 8.27. The Bertz CT molecular complexity index is 736. The van der Waals surface area contributed by atoms with Gasteiger partial charge in [-0.1, -0.05) is 17.7 Å². The lowest BCUT2D eigenvalue weighted by Crippen LogP contribution is -2.26. The van der Waals surface area contributed by atoms with Gasteiger partial charge in [0.2, 0.25) is 0 Å². The van der Waals surface area contributed by atoms with Crippen molar-refractivity contribution in [3.63, 3.8) is 0 Å². The van der Waals surface area contributed by atoms with Gasteiger partial charge >= 0.3 is 6.03 Å². The quantitative estimate of drug-likeness (QED) is 0.793. The molecule has 6 nitrogen and oxygen atoms in total. The normalized spacial score (nSPS) is 16.3. The van der Waals surface area contributed by atoms with E-state index in [0.29, 0.717) is 18.0 Å². The summed E-state index contributed by atoms with van der Waals surface area (Å²) in [7, 11) is 0. The molecule has 1 unspecified atom stereocenters. The lowest BCUT2D eigenvalue weighted by Gasteiger charge is -2.11. The van der Waals surface area contributed by atoms with E-state index in [1.165, 1.54) is 0 Å². The van der Waals surface area contributed by atoms with E-state index in [0.717, 1.165) is 24.1 Å². The second-order valence-corrected chi connectivity index (χ2v) is 6.01. The molecule has 1 aliphatic heterocycles. The lowest BCUT2D eigenvalue weighted by atomic mass is 10.2. The number of hydrogen-bond donors (Lipinski definition) is 3. The van der Waals surface area contributed by atoms with Crippen LogP contribution in [0.5, 0.6) is 0 Å². The van der Waals surface area contributed by atoms with Crippen LogP contribution in [0.15, 0.2) is 48.5 Å². The van der Waals surface area contributed by atoms with Crippen molar-refractivity contribution in [1.82, 2.24) is 0 Å². The van der Waals surface area contributed by atoms with Crippen molar-refractivity contribution >= 4 is 29.0 Å². The molecule has 1 fully saturated rings. The number of hydrogen-bond acceptors (Lipinski definition) is 3. The summed E-state index contributed by atoms with van der Waals surface area (Å²) in [5, 5.41) is 8.34. The van der Waals surface area contributed by atoms with Crippen molar-refractivity contribution < 1.29 is 14.3 Å². The van der Waals surface area contributed by atoms with Gasteiger partial charge in [0, 0.05) is 23.7 Å². The van der Waals surface area contributed by atoms with Crippen LogP contribution in [0, 0.1) is 6.92 Å². The number of aryl methyl sites for hydroxylation is 1. The minimum Gasteiger partial charge on any atom is -0.368 e. The molecule has 0 aromatic heterocycles. The standard InChI is InChI=1S/C19H21N3O3/c1-13-4-6-15(7-5-13)21-19(24)22-16-10-8-14(9-11-16)20-18(23)17-3-2-12-25-17/h4-11,17H,2-3,12H2,1H3,(H,20,23)(H2,21,22,24). The van der Waals surface area contributed by atoms with Crippen molar-refractivity contribution in [2.75, 3.05) is 22.6 Å². The van der Waals surface area contributed by atoms with Crippen LogP contribution in [-0.2, 0) is 9.53 Å².